The molecule has 0 spiro atoms. The predicted molar refractivity (Wildman–Crippen MR) is 108 cm³/mol. The molecule has 1 aliphatic heterocycles. The van der Waals surface area contributed by atoms with Gasteiger partial charge in [-0.2, -0.15) is 0 Å². The number of hydrogen-bond donors (Lipinski definition) is 0. The van der Waals surface area contributed by atoms with Gasteiger partial charge < -0.3 is 4.74 Å². The number of allylic oxidation sites excluding steroid dienone is 2. The van der Waals surface area contributed by atoms with Gasteiger partial charge in [-0.15, -0.1) is 6.58 Å². The molecule has 3 rings (SSSR count). The van der Waals surface area contributed by atoms with Gasteiger partial charge in [0, 0.05) is 19.0 Å². The lowest BCUT2D eigenvalue weighted by molar-refractivity contribution is 0.103. The van der Waals surface area contributed by atoms with Crippen LogP contribution in [-0.4, -0.2) is 16.9 Å². The molecule has 0 aliphatic carbocycles. The summed E-state index contributed by atoms with van der Waals surface area (Å²) < 4.78 is 20.7. The molecule has 0 saturated carbocycles. The van der Waals surface area contributed by atoms with Crippen LogP contribution in [0, 0.1) is 12.7 Å². The molecule has 0 fully saturated rings. The number of carbonyl (C=O) groups excluding carboxylic acids is 1. The SMILES string of the molecule is C=CC[C@@H]1CCc2c(-c3ccc(C)cc3F)cc(C(=O)/C=C\CC)nc2O1.[HH]. The molecule has 1 aliphatic rings. The number of benzene rings is 1. The van der Waals surface area contributed by atoms with Crippen molar-refractivity contribution in [3.63, 3.8) is 0 Å². The minimum atomic E-state index is -0.306. The van der Waals surface area contributed by atoms with E-state index in [4.69, 9.17) is 4.74 Å². The number of rotatable bonds is 6. The van der Waals surface area contributed by atoms with Gasteiger partial charge in [0.25, 0.3) is 0 Å². The smallest absolute Gasteiger partial charge is 0.218 e. The minimum Gasteiger partial charge on any atom is -0.474 e. The normalized spacial score (nSPS) is 16.0. The molecule has 2 aromatic rings. The van der Waals surface area contributed by atoms with Crippen LogP contribution in [-0.2, 0) is 6.42 Å². The summed E-state index contributed by atoms with van der Waals surface area (Å²) in [6.45, 7) is 7.57. The Kier molecular flexibility index (Phi) is 5.84. The zero-order valence-corrected chi connectivity index (χ0v) is 15.8. The van der Waals surface area contributed by atoms with Crippen LogP contribution in [0.4, 0.5) is 4.39 Å². The predicted octanol–water partition coefficient (Wildman–Crippen LogP) is 5.86. The number of aromatic nitrogens is 1. The van der Waals surface area contributed by atoms with Crippen molar-refractivity contribution in [2.75, 3.05) is 0 Å². The molecule has 0 unspecified atom stereocenters. The van der Waals surface area contributed by atoms with Crippen molar-refractivity contribution in [3.05, 3.63) is 71.7 Å². The lowest BCUT2D eigenvalue weighted by atomic mass is 9.92. The molecule has 3 nitrogen and oxygen atoms in total. The van der Waals surface area contributed by atoms with Crippen molar-refractivity contribution in [2.45, 2.75) is 45.6 Å². The summed E-state index contributed by atoms with van der Waals surface area (Å²) in [7, 11) is 0. The fourth-order valence-corrected chi connectivity index (χ4v) is 3.28. The van der Waals surface area contributed by atoms with Crippen molar-refractivity contribution < 1.29 is 15.3 Å². The maximum absolute atomic E-state index is 14.7. The van der Waals surface area contributed by atoms with E-state index >= 15 is 0 Å². The zero-order valence-electron chi connectivity index (χ0n) is 15.8. The van der Waals surface area contributed by atoms with Gasteiger partial charge in [-0.05, 0) is 55.5 Å². The van der Waals surface area contributed by atoms with Crippen molar-refractivity contribution in [1.82, 2.24) is 4.98 Å². The van der Waals surface area contributed by atoms with Crippen LogP contribution >= 0.6 is 0 Å². The first kappa shape index (κ1) is 19.0. The van der Waals surface area contributed by atoms with Crippen LogP contribution in [0.15, 0.2) is 49.1 Å². The fourth-order valence-electron chi connectivity index (χ4n) is 3.28. The number of fused-ring (bicyclic) bond motifs is 1. The molecular weight excluding hydrogens is 341 g/mol. The Morgan fingerprint density at radius 1 is 1.41 bits per heavy atom. The molecule has 1 atom stereocenters. The van der Waals surface area contributed by atoms with Crippen LogP contribution in [0.5, 0.6) is 5.88 Å². The molecular formula is C23H26FNO2. The van der Waals surface area contributed by atoms with E-state index in [9.17, 15) is 9.18 Å². The van der Waals surface area contributed by atoms with E-state index < -0.39 is 0 Å². The third kappa shape index (κ3) is 4.16. The standard InChI is InChI=1S/C23H24FNO2.H2/c1-4-6-8-22(26)21-14-19(17-11-9-15(3)13-20(17)24)18-12-10-16(7-5-2)27-23(18)25-21;/h5-6,8-9,11,13-14,16H,2,4,7,10,12H2,1,3H3;1H/b8-6-;/t16-;/m1./s1. The highest BCUT2D eigenvalue weighted by Crippen LogP contribution is 2.37. The monoisotopic (exact) mass is 367 g/mol. The first-order chi connectivity index (χ1) is 13.0. The quantitative estimate of drug-likeness (QED) is 0.365. The van der Waals surface area contributed by atoms with Crippen LogP contribution < -0.4 is 4.74 Å². The van der Waals surface area contributed by atoms with Gasteiger partial charge in [-0.25, -0.2) is 9.37 Å². The molecule has 2 heterocycles. The third-order valence-electron chi connectivity index (χ3n) is 4.68. The van der Waals surface area contributed by atoms with Crippen LogP contribution in [0.3, 0.4) is 0 Å². The molecule has 0 radical (unpaired) electrons. The van der Waals surface area contributed by atoms with Crippen molar-refractivity contribution in [1.29, 1.82) is 0 Å². The van der Waals surface area contributed by atoms with Gasteiger partial charge in [0.05, 0.1) is 0 Å². The molecule has 0 N–H and O–H groups in total. The Morgan fingerprint density at radius 2 is 2.22 bits per heavy atom. The van der Waals surface area contributed by atoms with Crippen LogP contribution in [0.25, 0.3) is 11.1 Å². The van der Waals surface area contributed by atoms with E-state index in [2.05, 4.69) is 11.6 Å². The molecule has 142 valence electrons. The first-order valence-electron chi connectivity index (χ1n) is 9.32. The van der Waals surface area contributed by atoms with Gasteiger partial charge in [0.2, 0.25) is 11.7 Å². The number of pyridine rings is 1. The number of carbonyl (C=O) groups is 1. The van der Waals surface area contributed by atoms with E-state index in [1.807, 2.05) is 26.0 Å². The molecule has 1 aromatic carbocycles. The average molecular weight is 367 g/mol. The molecule has 0 bridgehead atoms. The van der Waals surface area contributed by atoms with Crippen molar-refractivity contribution >= 4 is 5.78 Å². The van der Waals surface area contributed by atoms with Gasteiger partial charge in [0.15, 0.2) is 0 Å². The highest BCUT2D eigenvalue weighted by Gasteiger charge is 2.26. The summed E-state index contributed by atoms with van der Waals surface area (Å²) >= 11 is 0. The number of ketones is 1. The summed E-state index contributed by atoms with van der Waals surface area (Å²) in [5, 5.41) is 0. The highest BCUT2D eigenvalue weighted by atomic mass is 19.1. The van der Waals surface area contributed by atoms with E-state index in [1.165, 1.54) is 12.1 Å². The van der Waals surface area contributed by atoms with E-state index in [0.717, 1.165) is 30.4 Å². The third-order valence-corrected chi connectivity index (χ3v) is 4.68. The summed E-state index contributed by atoms with van der Waals surface area (Å²) in [6.07, 6.45) is 8.10. The van der Waals surface area contributed by atoms with Gasteiger partial charge in [0.1, 0.15) is 17.6 Å². The van der Waals surface area contributed by atoms with Crippen molar-refractivity contribution in [2.24, 2.45) is 0 Å². The molecule has 0 amide bonds. The maximum Gasteiger partial charge on any atom is 0.218 e. The number of hydrogen-bond acceptors (Lipinski definition) is 3. The fraction of sp³-hybridized carbons (Fsp3) is 0.304. The Hall–Kier alpha value is -2.75. The highest BCUT2D eigenvalue weighted by molar-refractivity contribution is 6.04. The topological polar surface area (TPSA) is 39.2 Å². The lowest BCUT2D eigenvalue weighted by Gasteiger charge is -2.26. The van der Waals surface area contributed by atoms with Crippen LogP contribution in [0.1, 0.15) is 49.2 Å². The van der Waals surface area contributed by atoms with Gasteiger partial charge in [-0.3, -0.25) is 4.79 Å². The Morgan fingerprint density at radius 3 is 2.93 bits per heavy atom. The Balaban J connectivity index is 0.00000280. The number of halogens is 1. The maximum atomic E-state index is 14.7. The largest absolute Gasteiger partial charge is 0.474 e. The molecule has 27 heavy (non-hydrogen) atoms. The Bertz CT molecular complexity index is 908. The van der Waals surface area contributed by atoms with E-state index in [1.54, 1.807) is 18.2 Å². The summed E-state index contributed by atoms with van der Waals surface area (Å²) in [6, 6.07) is 6.82. The zero-order chi connectivity index (χ0) is 19.4. The molecule has 1 aromatic heterocycles. The second kappa shape index (κ2) is 8.30. The second-order valence-electron chi connectivity index (χ2n) is 6.80. The molecule has 4 heteroatoms. The Labute approximate surface area is 161 Å². The number of ether oxygens (including phenoxy) is 1. The van der Waals surface area contributed by atoms with E-state index in [0.29, 0.717) is 23.4 Å². The number of aryl methyl sites for hydroxylation is 1. The first-order valence-corrected chi connectivity index (χ1v) is 9.32. The van der Waals surface area contributed by atoms with E-state index in [-0.39, 0.29) is 24.8 Å². The van der Waals surface area contributed by atoms with Crippen LogP contribution in [0.2, 0.25) is 0 Å². The second-order valence-corrected chi connectivity index (χ2v) is 6.80. The molecule has 0 saturated heterocycles. The van der Waals surface area contributed by atoms with Gasteiger partial charge in [-0.1, -0.05) is 31.2 Å². The number of nitrogens with zero attached hydrogens (tertiary/aromatic N) is 1. The summed E-state index contributed by atoms with van der Waals surface area (Å²) in [5.74, 6) is -0.0826. The summed E-state index contributed by atoms with van der Waals surface area (Å²) in [4.78, 5) is 17.0. The summed E-state index contributed by atoms with van der Waals surface area (Å²) in [5.41, 5.74) is 3.13. The minimum absolute atomic E-state index is 0. The van der Waals surface area contributed by atoms with Crippen molar-refractivity contribution in [3.8, 4) is 17.0 Å². The average Bonchev–Trinajstić information content (AvgIpc) is 2.65. The lowest BCUT2D eigenvalue weighted by Crippen LogP contribution is -2.24. The van der Waals surface area contributed by atoms with Gasteiger partial charge >= 0.3 is 0 Å².